The molecule has 0 aliphatic rings. The van der Waals surface area contributed by atoms with E-state index in [4.69, 9.17) is 11.6 Å². The molecule has 0 saturated carbocycles. The van der Waals surface area contributed by atoms with Crippen LogP contribution in [0.15, 0.2) is 58.9 Å². The first-order valence-corrected chi connectivity index (χ1v) is 7.07. The van der Waals surface area contributed by atoms with Gasteiger partial charge in [-0.2, -0.15) is 0 Å². The van der Waals surface area contributed by atoms with Gasteiger partial charge in [-0.15, -0.1) is 11.7 Å². The van der Waals surface area contributed by atoms with Crippen LogP contribution in [0, 0.1) is 0 Å². The van der Waals surface area contributed by atoms with Crippen LogP contribution in [0.25, 0.3) is 11.3 Å². The van der Waals surface area contributed by atoms with Crippen molar-refractivity contribution in [3.05, 3.63) is 75.2 Å². The van der Waals surface area contributed by atoms with Crippen LogP contribution in [0.5, 0.6) is 0 Å². The van der Waals surface area contributed by atoms with E-state index in [2.05, 4.69) is 11.7 Å². The zero-order valence-corrected chi connectivity index (χ0v) is 12.4. The number of nitrogens with zero attached hydrogens (tertiary/aromatic N) is 4. The Morgan fingerprint density at radius 2 is 2.09 bits per heavy atom. The number of halogens is 1. The third-order valence-corrected chi connectivity index (χ3v) is 3.51. The van der Waals surface area contributed by atoms with Crippen molar-refractivity contribution >= 4 is 17.2 Å². The molecule has 0 aliphatic heterocycles. The lowest BCUT2D eigenvalue weighted by Crippen LogP contribution is -2.24. The molecule has 0 amide bonds. The molecule has 22 heavy (non-hydrogen) atoms. The van der Waals surface area contributed by atoms with Gasteiger partial charge in [0.1, 0.15) is 0 Å². The second-order valence-electron chi connectivity index (χ2n) is 4.73. The predicted molar refractivity (Wildman–Crippen MR) is 84.9 cm³/mol. The van der Waals surface area contributed by atoms with Crippen LogP contribution < -0.4 is 11.2 Å². The molecule has 7 heteroatoms. The summed E-state index contributed by atoms with van der Waals surface area (Å²) in [4.78, 5) is 24.7. The maximum atomic E-state index is 12.5. The molecule has 6 nitrogen and oxygen atoms in total. The minimum atomic E-state index is -0.376. The topological polar surface area (TPSA) is 61.3 Å². The van der Waals surface area contributed by atoms with Crippen molar-refractivity contribution in [1.82, 2.24) is 18.7 Å². The molecule has 0 saturated heterocycles. The van der Waals surface area contributed by atoms with E-state index in [1.807, 2.05) is 0 Å². The molecule has 3 rings (SSSR count). The van der Waals surface area contributed by atoms with Crippen LogP contribution in [0.3, 0.4) is 0 Å². The Kier molecular flexibility index (Phi) is 3.68. The highest BCUT2D eigenvalue weighted by Gasteiger charge is 2.12. The molecule has 0 spiro atoms. The Balaban J connectivity index is 2.20. The standard InChI is InChI=1S/C15H13ClN4O2/c1-2-3-7-20-15(22)19-9-8-18(14(21)13(19)17-20)12-6-4-5-11(16)10-12/h2,4-6,8-10H,1,3,7H2. The maximum absolute atomic E-state index is 12.5. The number of fused-ring (bicyclic) bond motifs is 1. The maximum Gasteiger partial charge on any atom is 0.350 e. The van der Waals surface area contributed by atoms with Crippen LogP contribution in [-0.2, 0) is 6.54 Å². The van der Waals surface area contributed by atoms with Crippen molar-refractivity contribution in [3.63, 3.8) is 0 Å². The monoisotopic (exact) mass is 316 g/mol. The summed E-state index contributed by atoms with van der Waals surface area (Å²) in [6.45, 7) is 4.00. The van der Waals surface area contributed by atoms with E-state index in [9.17, 15) is 9.59 Å². The third kappa shape index (κ3) is 2.37. The summed E-state index contributed by atoms with van der Waals surface area (Å²) in [5.41, 5.74) is -0.0176. The molecule has 0 bridgehead atoms. The molecule has 0 aliphatic carbocycles. The SMILES string of the molecule is C=CCCn1nc2c(=O)n(-c3cccc(Cl)c3)ccn2c1=O. The Morgan fingerprint density at radius 1 is 1.27 bits per heavy atom. The molecule has 0 radical (unpaired) electrons. The van der Waals surface area contributed by atoms with Gasteiger partial charge in [0.05, 0.1) is 5.69 Å². The molecule has 0 fully saturated rings. The van der Waals surface area contributed by atoms with Gasteiger partial charge in [0.25, 0.3) is 0 Å². The van der Waals surface area contributed by atoms with Crippen LogP contribution in [0.4, 0.5) is 0 Å². The van der Waals surface area contributed by atoms with Crippen LogP contribution in [-0.4, -0.2) is 18.7 Å². The van der Waals surface area contributed by atoms with Crippen LogP contribution in [0.1, 0.15) is 6.42 Å². The third-order valence-electron chi connectivity index (χ3n) is 3.28. The van der Waals surface area contributed by atoms with Gasteiger partial charge < -0.3 is 0 Å². The summed E-state index contributed by atoms with van der Waals surface area (Å²) in [5.74, 6) is 0. The van der Waals surface area contributed by atoms with Gasteiger partial charge in [-0.05, 0) is 24.6 Å². The van der Waals surface area contributed by atoms with E-state index in [1.165, 1.54) is 26.0 Å². The van der Waals surface area contributed by atoms with Gasteiger partial charge in [0, 0.05) is 24.0 Å². The first-order chi connectivity index (χ1) is 10.6. The number of allylic oxidation sites excluding steroid dienone is 1. The van der Waals surface area contributed by atoms with Crippen molar-refractivity contribution in [1.29, 1.82) is 0 Å². The molecule has 1 aromatic carbocycles. The second-order valence-corrected chi connectivity index (χ2v) is 5.17. The number of aryl methyl sites for hydroxylation is 1. The highest BCUT2D eigenvalue weighted by atomic mass is 35.5. The quantitative estimate of drug-likeness (QED) is 0.690. The average molecular weight is 317 g/mol. The summed E-state index contributed by atoms with van der Waals surface area (Å²) in [7, 11) is 0. The zero-order chi connectivity index (χ0) is 15.7. The van der Waals surface area contributed by atoms with Crippen molar-refractivity contribution in [2.45, 2.75) is 13.0 Å². The minimum absolute atomic E-state index is 0.0801. The molecule has 0 atom stereocenters. The van der Waals surface area contributed by atoms with E-state index in [0.29, 0.717) is 23.7 Å². The minimum Gasteiger partial charge on any atom is -0.280 e. The van der Waals surface area contributed by atoms with Crippen molar-refractivity contribution < 1.29 is 0 Å². The lowest BCUT2D eigenvalue weighted by atomic mass is 10.3. The van der Waals surface area contributed by atoms with Crippen LogP contribution >= 0.6 is 11.6 Å². The molecule has 112 valence electrons. The number of aromatic nitrogens is 4. The van der Waals surface area contributed by atoms with E-state index in [-0.39, 0.29) is 16.9 Å². The predicted octanol–water partition coefficient (Wildman–Crippen LogP) is 1.88. The first kappa shape index (κ1) is 14.3. The van der Waals surface area contributed by atoms with E-state index < -0.39 is 0 Å². The molecule has 0 unspecified atom stereocenters. The molecule has 2 heterocycles. The van der Waals surface area contributed by atoms with E-state index in [1.54, 1.807) is 30.3 Å². The fraction of sp³-hybridized carbons (Fsp3) is 0.133. The lowest BCUT2D eigenvalue weighted by molar-refractivity contribution is 0.601. The second kappa shape index (κ2) is 5.65. The van der Waals surface area contributed by atoms with Crippen molar-refractivity contribution in [2.24, 2.45) is 0 Å². The zero-order valence-electron chi connectivity index (χ0n) is 11.6. The van der Waals surface area contributed by atoms with Crippen molar-refractivity contribution in [3.8, 4) is 5.69 Å². The first-order valence-electron chi connectivity index (χ1n) is 6.69. The smallest absolute Gasteiger partial charge is 0.280 e. The summed E-state index contributed by atoms with van der Waals surface area (Å²) in [6, 6.07) is 6.91. The average Bonchev–Trinajstić information content (AvgIpc) is 2.83. The summed E-state index contributed by atoms with van der Waals surface area (Å²) in [6.07, 6.45) is 5.35. The Bertz CT molecular complexity index is 968. The molecular formula is C15H13ClN4O2. The molecular weight excluding hydrogens is 304 g/mol. The number of hydrogen-bond acceptors (Lipinski definition) is 3. The number of hydrogen-bond donors (Lipinski definition) is 0. The van der Waals surface area contributed by atoms with E-state index in [0.717, 1.165) is 0 Å². The van der Waals surface area contributed by atoms with Gasteiger partial charge in [-0.1, -0.05) is 23.7 Å². The van der Waals surface area contributed by atoms with Gasteiger partial charge in [-0.3, -0.25) is 9.36 Å². The Labute approximate surface area is 130 Å². The Morgan fingerprint density at radius 3 is 2.82 bits per heavy atom. The normalized spacial score (nSPS) is 11.0. The molecule has 3 aromatic rings. The summed E-state index contributed by atoms with van der Waals surface area (Å²) >= 11 is 5.95. The Hall–Kier alpha value is -2.60. The van der Waals surface area contributed by atoms with Crippen LogP contribution in [0.2, 0.25) is 5.02 Å². The van der Waals surface area contributed by atoms with Crippen molar-refractivity contribution in [2.75, 3.05) is 0 Å². The highest BCUT2D eigenvalue weighted by Crippen LogP contribution is 2.13. The largest absolute Gasteiger partial charge is 0.350 e. The van der Waals surface area contributed by atoms with Gasteiger partial charge in [0.15, 0.2) is 0 Å². The summed E-state index contributed by atoms with van der Waals surface area (Å²) < 4.78 is 3.92. The van der Waals surface area contributed by atoms with Gasteiger partial charge >= 0.3 is 11.2 Å². The molecule has 2 aromatic heterocycles. The fourth-order valence-corrected chi connectivity index (χ4v) is 2.38. The van der Waals surface area contributed by atoms with E-state index >= 15 is 0 Å². The number of benzene rings is 1. The summed E-state index contributed by atoms with van der Waals surface area (Å²) in [5, 5.41) is 4.64. The lowest BCUT2D eigenvalue weighted by Gasteiger charge is -2.05. The fourth-order valence-electron chi connectivity index (χ4n) is 2.20. The van der Waals surface area contributed by atoms with Gasteiger partial charge in [0.2, 0.25) is 5.65 Å². The van der Waals surface area contributed by atoms with Gasteiger partial charge in [-0.25, -0.2) is 13.9 Å². The highest BCUT2D eigenvalue weighted by molar-refractivity contribution is 6.30. The number of rotatable bonds is 4. The molecule has 0 N–H and O–H groups in total.